The Hall–Kier alpha value is -1.06. The highest BCUT2D eigenvalue weighted by Crippen LogP contribution is 2.15. The number of carbonyl (C=O) groups excluding carboxylic acids is 2. The lowest BCUT2D eigenvalue weighted by atomic mass is 10.00. The Balaban J connectivity index is 2.30. The number of hydrogen-bond acceptors (Lipinski definition) is 2. The Labute approximate surface area is 104 Å². The number of nitrogens with zero attached hydrogens (tertiary/aromatic N) is 1. The summed E-state index contributed by atoms with van der Waals surface area (Å²) in [4.78, 5) is 25.2. The van der Waals surface area contributed by atoms with E-state index in [1.165, 1.54) is 6.42 Å². The third-order valence-corrected chi connectivity index (χ3v) is 3.03. The van der Waals surface area contributed by atoms with E-state index in [9.17, 15) is 9.59 Å². The molecule has 4 nitrogen and oxygen atoms in total. The van der Waals surface area contributed by atoms with Gasteiger partial charge in [-0.3, -0.25) is 9.59 Å². The molecular formula is C13H24N2O2. The van der Waals surface area contributed by atoms with Gasteiger partial charge in [-0.05, 0) is 24.7 Å². The third-order valence-electron chi connectivity index (χ3n) is 3.03. The van der Waals surface area contributed by atoms with Crippen LogP contribution < -0.4 is 5.32 Å². The summed E-state index contributed by atoms with van der Waals surface area (Å²) in [6, 6.07) is 0. The van der Waals surface area contributed by atoms with Crippen molar-refractivity contribution in [2.75, 3.05) is 19.6 Å². The van der Waals surface area contributed by atoms with Gasteiger partial charge in [-0.25, -0.2) is 0 Å². The summed E-state index contributed by atoms with van der Waals surface area (Å²) in [5, 5.41) is 2.78. The molecule has 0 aromatic heterocycles. The summed E-state index contributed by atoms with van der Waals surface area (Å²) in [7, 11) is 0. The number of hydrogen-bond donors (Lipinski definition) is 1. The summed E-state index contributed by atoms with van der Waals surface area (Å²) < 4.78 is 0. The maximum absolute atomic E-state index is 11.9. The first-order valence-corrected chi connectivity index (χ1v) is 6.53. The fourth-order valence-corrected chi connectivity index (χ4v) is 2.05. The molecule has 1 N–H and O–H groups in total. The normalized spacial score (nSPS) is 20.5. The van der Waals surface area contributed by atoms with Crippen LogP contribution in [0.1, 0.15) is 40.0 Å². The van der Waals surface area contributed by atoms with Gasteiger partial charge in [0.25, 0.3) is 0 Å². The van der Waals surface area contributed by atoms with Crippen molar-refractivity contribution in [2.24, 2.45) is 11.8 Å². The number of carbonyl (C=O) groups is 2. The maximum atomic E-state index is 11.9. The van der Waals surface area contributed by atoms with Crippen LogP contribution in [0.15, 0.2) is 0 Å². The molecule has 17 heavy (non-hydrogen) atoms. The standard InChI is InChI=1S/C13H24N2O2/c1-10(2)8-14-12(16)7-13(17)15-6-4-5-11(3)9-15/h10-11H,4-9H2,1-3H3,(H,14,16). The molecule has 1 aliphatic heterocycles. The Kier molecular flexibility index (Phi) is 5.45. The van der Waals surface area contributed by atoms with Crippen LogP contribution in [0.3, 0.4) is 0 Å². The zero-order valence-corrected chi connectivity index (χ0v) is 11.2. The van der Waals surface area contributed by atoms with Crippen LogP contribution in [0.4, 0.5) is 0 Å². The van der Waals surface area contributed by atoms with Crippen LogP contribution in [0, 0.1) is 11.8 Å². The molecule has 0 saturated carbocycles. The highest BCUT2D eigenvalue weighted by molar-refractivity contribution is 5.96. The van der Waals surface area contributed by atoms with Crippen molar-refractivity contribution in [1.29, 1.82) is 0 Å². The highest BCUT2D eigenvalue weighted by atomic mass is 16.2. The van der Waals surface area contributed by atoms with Crippen LogP contribution in [0.25, 0.3) is 0 Å². The predicted molar refractivity (Wildman–Crippen MR) is 67.4 cm³/mol. The van der Waals surface area contributed by atoms with E-state index in [1.807, 2.05) is 18.7 Å². The molecule has 1 rings (SSSR count). The van der Waals surface area contributed by atoms with Crippen molar-refractivity contribution >= 4 is 11.8 Å². The zero-order valence-electron chi connectivity index (χ0n) is 11.2. The fraction of sp³-hybridized carbons (Fsp3) is 0.846. The quantitative estimate of drug-likeness (QED) is 0.755. The SMILES string of the molecule is CC(C)CNC(=O)CC(=O)N1CCCC(C)C1. The molecule has 1 heterocycles. The van der Waals surface area contributed by atoms with Gasteiger partial charge in [0.05, 0.1) is 0 Å². The van der Waals surface area contributed by atoms with E-state index in [0.717, 1.165) is 19.5 Å². The molecule has 1 saturated heterocycles. The number of nitrogens with one attached hydrogen (secondary N) is 1. The van der Waals surface area contributed by atoms with E-state index in [-0.39, 0.29) is 18.2 Å². The van der Waals surface area contributed by atoms with Crippen LogP contribution in [-0.2, 0) is 9.59 Å². The average molecular weight is 240 g/mol. The third kappa shape index (κ3) is 5.20. The van der Waals surface area contributed by atoms with Gasteiger partial charge in [-0.15, -0.1) is 0 Å². The number of rotatable bonds is 4. The predicted octanol–water partition coefficient (Wildman–Crippen LogP) is 1.41. The first kappa shape index (κ1) is 14.0. The summed E-state index contributed by atoms with van der Waals surface area (Å²) in [6.07, 6.45) is 2.24. The smallest absolute Gasteiger partial charge is 0.232 e. The summed E-state index contributed by atoms with van der Waals surface area (Å²) in [5.41, 5.74) is 0. The number of likely N-dealkylation sites (tertiary alicyclic amines) is 1. The molecule has 98 valence electrons. The summed E-state index contributed by atoms with van der Waals surface area (Å²) in [6.45, 7) is 8.47. The Bertz CT molecular complexity index is 277. The monoisotopic (exact) mass is 240 g/mol. The summed E-state index contributed by atoms with van der Waals surface area (Å²) >= 11 is 0. The van der Waals surface area contributed by atoms with Gasteiger partial charge in [-0.1, -0.05) is 20.8 Å². The second-order valence-corrected chi connectivity index (χ2v) is 5.46. The molecular weight excluding hydrogens is 216 g/mol. The molecule has 2 amide bonds. The molecule has 1 atom stereocenters. The Morgan fingerprint density at radius 3 is 2.71 bits per heavy atom. The molecule has 0 spiro atoms. The van der Waals surface area contributed by atoms with E-state index in [2.05, 4.69) is 12.2 Å². The molecule has 0 aromatic rings. The minimum Gasteiger partial charge on any atom is -0.355 e. The lowest BCUT2D eigenvalue weighted by molar-refractivity contribution is -0.137. The van der Waals surface area contributed by atoms with E-state index in [4.69, 9.17) is 0 Å². The van der Waals surface area contributed by atoms with Crippen LogP contribution in [0.2, 0.25) is 0 Å². The van der Waals surface area contributed by atoms with E-state index in [1.54, 1.807) is 0 Å². The molecule has 0 bridgehead atoms. The van der Waals surface area contributed by atoms with E-state index >= 15 is 0 Å². The van der Waals surface area contributed by atoms with Gasteiger partial charge in [0, 0.05) is 19.6 Å². The van der Waals surface area contributed by atoms with Crippen molar-refractivity contribution in [3.05, 3.63) is 0 Å². The van der Waals surface area contributed by atoms with E-state index < -0.39 is 0 Å². The van der Waals surface area contributed by atoms with Crippen LogP contribution in [0.5, 0.6) is 0 Å². The largest absolute Gasteiger partial charge is 0.355 e. The zero-order chi connectivity index (χ0) is 12.8. The van der Waals surface area contributed by atoms with Crippen LogP contribution >= 0.6 is 0 Å². The lowest BCUT2D eigenvalue weighted by Crippen LogP contribution is -2.41. The molecule has 0 radical (unpaired) electrons. The average Bonchev–Trinajstić information content (AvgIpc) is 2.26. The molecule has 0 aliphatic carbocycles. The number of amides is 2. The molecule has 1 aliphatic rings. The first-order chi connectivity index (χ1) is 7.99. The first-order valence-electron chi connectivity index (χ1n) is 6.53. The minimum absolute atomic E-state index is 0.000556. The van der Waals surface area contributed by atoms with Crippen molar-refractivity contribution in [1.82, 2.24) is 10.2 Å². The Morgan fingerprint density at radius 2 is 2.12 bits per heavy atom. The highest BCUT2D eigenvalue weighted by Gasteiger charge is 2.22. The molecule has 4 heteroatoms. The van der Waals surface area contributed by atoms with Crippen molar-refractivity contribution in [2.45, 2.75) is 40.0 Å². The fourth-order valence-electron chi connectivity index (χ4n) is 2.05. The minimum atomic E-state index is -0.151. The maximum Gasteiger partial charge on any atom is 0.232 e. The van der Waals surface area contributed by atoms with Crippen molar-refractivity contribution < 1.29 is 9.59 Å². The lowest BCUT2D eigenvalue weighted by Gasteiger charge is -2.30. The van der Waals surface area contributed by atoms with Gasteiger partial charge in [-0.2, -0.15) is 0 Å². The van der Waals surface area contributed by atoms with Gasteiger partial charge >= 0.3 is 0 Å². The van der Waals surface area contributed by atoms with Crippen molar-refractivity contribution in [3.8, 4) is 0 Å². The van der Waals surface area contributed by atoms with Gasteiger partial charge in [0.1, 0.15) is 6.42 Å². The van der Waals surface area contributed by atoms with Gasteiger partial charge in [0.2, 0.25) is 11.8 Å². The second kappa shape index (κ2) is 6.62. The molecule has 1 unspecified atom stereocenters. The number of piperidine rings is 1. The van der Waals surface area contributed by atoms with Gasteiger partial charge < -0.3 is 10.2 Å². The second-order valence-electron chi connectivity index (χ2n) is 5.46. The van der Waals surface area contributed by atoms with Crippen molar-refractivity contribution in [3.63, 3.8) is 0 Å². The van der Waals surface area contributed by atoms with Gasteiger partial charge in [0.15, 0.2) is 0 Å². The molecule has 0 aromatic carbocycles. The van der Waals surface area contributed by atoms with E-state index in [0.29, 0.717) is 18.4 Å². The molecule has 1 fully saturated rings. The van der Waals surface area contributed by atoms with Crippen LogP contribution in [-0.4, -0.2) is 36.3 Å². The summed E-state index contributed by atoms with van der Waals surface area (Å²) in [5.74, 6) is 0.801. The Morgan fingerprint density at radius 1 is 1.41 bits per heavy atom. The topological polar surface area (TPSA) is 49.4 Å².